The maximum atomic E-state index is 13.2. The molecule has 0 atom stereocenters. The Labute approximate surface area is 189 Å². The minimum absolute atomic E-state index is 0.215. The maximum Gasteiger partial charge on any atom is 0.295 e. The first-order valence-electron chi connectivity index (χ1n) is 10.3. The minimum atomic E-state index is -0.599. The highest BCUT2D eigenvalue weighted by atomic mass is 35.5. The summed E-state index contributed by atoms with van der Waals surface area (Å²) in [5.74, 6) is -0.758. The van der Waals surface area contributed by atoms with Crippen molar-refractivity contribution in [3.05, 3.63) is 76.2 Å². The van der Waals surface area contributed by atoms with Gasteiger partial charge >= 0.3 is 0 Å². The highest BCUT2D eigenvalue weighted by molar-refractivity contribution is 6.45. The number of aromatic nitrogens is 2. The van der Waals surface area contributed by atoms with E-state index in [1.54, 1.807) is 4.90 Å². The summed E-state index contributed by atoms with van der Waals surface area (Å²) >= 11 is 6.15. The molecule has 0 unspecified atom stereocenters. The van der Waals surface area contributed by atoms with Crippen LogP contribution in [0.3, 0.4) is 0 Å². The largest absolute Gasteiger partial charge is 0.494 e. The van der Waals surface area contributed by atoms with Crippen molar-refractivity contribution in [3.8, 4) is 5.75 Å². The molecule has 2 aromatic heterocycles. The van der Waals surface area contributed by atoms with Gasteiger partial charge in [0.1, 0.15) is 5.75 Å². The number of benzene rings is 1. The van der Waals surface area contributed by atoms with Crippen LogP contribution in [0.2, 0.25) is 5.15 Å². The number of nitrogens with zero attached hydrogens (tertiary/aromatic N) is 2. The molecule has 2 aliphatic heterocycles. The first-order chi connectivity index (χ1) is 15.6. The second-order valence-electron chi connectivity index (χ2n) is 7.71. The van der Waals surface area contributed by atoms with Gasteiger partial charge in [-0.05, 0) is 23.6 Å². The molecule has 5 rings (SSSR count). The van der Waals surface area contributed by atoms with E-state index >= 15 is 0 Å². The Morgan fingerprint density at radius 3 is 2.94 bits per heavy atom. The number of amides is 1. The van der Waals surface area contributed by atoms with Gasteiger partial charge in [-0.2, -0.15) is 0 Å². The van der Waals surface area contributed by atoms with Crippen LogP contribution in [0.5, 0.6) is 5.75 Å². The molecule has 0 fully saturated rings. The molecule has 32 heavy (non-hydrogen) atoms. The third kappa shape index (κ3) is 3.35. The summed E-state index contributed by atoms with van der Waals surface area (Å²) in [6.07, 6.45) is 9.78. The molecule has 0 aliphatic carbocycles. The third-order valence-corrected chi connectivity index (χ3v) is 6.23. The van der Waals surface area contributed by atoms with Gasteiger partial charge in [-0.15, -0.1) is 0 Å². The van der Waals surface area contributed by atoms with Gasteiger partial charge in [0.15, 0.2) is 5.15 Å². The molecule has 0 spiro atoms. The molecular formula is C24H21ClN4O3. The highest BCUT2D eigenvalue weighted by Gasteiger charge is 2.30. The zero-order valence-corrected chi connectivity index (χ0v) is 18.2. The van der Waals surface area contributed by atoms with E-state index in [4.69, 9.17) is 16.3 Å². The molecule has 7 nitrogen and oxygen atoms in total. The average Bonchev–Trinajstić information content (AvgIpc) is 3.29. The Morgan fingerprint density at radius 2 is 2.16 bits per heavy atom. The Balaban J connectivity index is 1.43. The van der Waals surface area contributed by atoms with Crippen LogP contribution in [0.15, 0.2) is 48.8 Å². The Bertz CT molecular complexity index is 1310. The number of carbonyl (C=O) groups is 2. The van der Waals surface area contributed by atoms with Gasteiger partial charge < -0.3 is 19.9 Å². The Hall–Kier alpha value is -3.58. The number of hydrogen-bond donors (Lipinski definition) is 2. The van der Waals surface area contributed by atoms with E-state index < -0.39 is 11.7 Å². The topological polar surface area (TPSA) is 87.3 Å². The van der Waals surface area contributed by atoms with E-state index in [1.807, 2.05) is 18.2 Å². The molecule has 3 aromatic rings. The number of aromatic amines is 1. The quantitative estimate of drug-likeness (QED) is 0.362. The van der Waals surface area contributed by atoms with E-state index in [-0.39, 0.29) is 10.7 Å². The van der Waals surface area contributed by atoms with Gasteiger partial charge in [-0.25, -0.2) is 4.98 Å². The number of dihydropyridines is 1. The molecule has 162 valence electrons. The van der Waals surface area contributed by atoms with Crippen molar-refractivity contribution in [3.63, 3.8) is 0 Å². The number of H-pyrrole nitrogens is 1. The number of Topliss-reactive ketones (excluding diaryl/α,β-unsaturated/α-hetero) is 1. The zero-order valence-electron chi connectivity index (χ0n) is 17.4. The van der Waals surface area contributed by atoms with Crippen LogP contribution in [0.1, 0.15) is 27.0 Å². The smallest absolute Gasteiger partial charge is 0.295 e. The van der Waals surface area contributed by atoms with Crippen LogP contribution in [-0.4, -0.2) is 46.8 Å². The average molecular weight is 449 g/mol. The van der Waals surface area contributed by atoms with Crippen molar-refractivity contribution in [2.24, 2.45) is 0 Å². The first kappa shape index (κ1) is 20.3. The lowest BCUT2D eigenvalue weighted by Gasteiger charge is -2.30. The Kier molecular flexibility index (Phi) is 5.19. The van der Waals surface area contributed by atoms with Crippen molar-refractivity contribution >= 4 is 39.9 Å². The minimum Gasteiger partial charge on any atom is -0.494 e. The Morgan fingerprint density at radius 1 is 1.28 bits per heavy atom. The number of allylic oxidation sites excluding steroid dienone is 2. The van der Waals surface area contributed by atoms with Crippen molar-refractivity contribution in [1.82, 2.24) is 20.2 Å². The summed E-state index contributed by atoms with van der Waals surface area (Å²) in [7, 11) is 1.49. The second-order valence-corrected chi connectivity index (χ2v) is 8.07. The fraction of sp³-hybridized carbons (Fsp3) is 0.208. The van der Waals surface area contributed by atoms with Gasteiger partial charge in [-0.3, -0.25) is 9.59 Å². The summed E-state index contributed by atoms with van der Waals surface area (Å²) in [4.78, 5) is 34.9. The summed E-state index contributed by atoms with van der Waals surface area (Å²) < 4.78 is 5.34. The van der Waals surface area contributed by atoms with E-state index in [9.17, 15) is 9.59 Å². The van der Waals surface area contributed by atoms with Crippen LogP contribution in [0, 0.1) is 0 Å². The fourth-order valence-corrected chi connectivity index (χ4v) is 4.56. The molecule has 8 heteroatoms. The summed E-state index contributed by atoms with van der Waals surface area (Å²) in [6, 6.07) is 6.10. The van der Waals surface area contributed by atoms with Crippen molar-refractivity contribution < 1.29 is 14.3 Å². The summed E-state index contributed by atoms with van der Waals surface area (Å²) in [6.45, 7) is 1.65. The van der Waals surface area contributed by atoms with Gasteiger partial charge in [0.25, 0.3) is 11.7 Å². The predicted molar refractivity (Wildman–Crippen MR) is 123 cm³/mol. The highest BCUT2D eigenvalue weighted by Crippen LogP contribution is 2.33. The monoisotopic (exact) mass is 448 g/mol. The van der Waals surface area contributed by atoms with Crippen LogP contribution < -0.4 is 10.1 Å². The molecule has 0 saturated carbocycles. The molecule has 4 heterocycles. The van der Waals surface area contributed by atoms with Gasteiger partial charge in [0.2, 0.25) is 0 Å². The standard InChI is InChI=1S/C24H21ClN4O3/c1-32-19-12-28-23(25)21-20(19)17(11-27-21)22(30)24(31)29-10-8-15-14(13-29)5-4-6-16(15)18-7-2-3-9-26-18/h2-7,11-12,26-27H,8-10,13H2,1H3. The normalized spacial score (nSPS) is 15.2. The van der Waals surface area contributed by atoms with Gasteiger partial charge in [0.05, 0.1) is 29.8 Å². The molecule has 1 aromatic carbocycles. The molecule has 2 N–H and O–H groups in total. The SMILES string of the molecule is COc1cnc(Cl)c2[nH]cc(C(=O)C(=O)N3CCc4c(cccc4C4=CC=CCN4)C3)c12. The van der Waals surface area contributed by atoms with Crippen LogP contribution in [0.4, 0.5) is 0 Å². The van der Waals surface area contributed by atoms with Gasteiger partial charge in [0, 0.05) is 37.1 Å². The molecule has 0 saturated heterocycles. The number of halogens is 1. The van der Waals surface area contributed by atoms with E-state index in [1.165, 1.54) is 25.1 Å². The van der Waals surface area contributed by atoms with Gasteiger partial charge in [-0.1, -0.05) is 42.0 Å². The fourth-order valence-electron chi connectivity index (χ4n) is 4.36. The maximum absolute atomic E-state index is 13.2. The lowest BCUT2D eigenvalue weighted by molar-refractivity contribution is -0.127. The predicted octanol–water partition coefficient (Wildman–Crippen LogP) is 3.49. The van der Waals surface area contributed by atoms with Crippen LogP contribution in [-0.2, 0) is 17.8 Å². The van der Waals surface area contributed by atoms with Crippen LogP contribution >= 0.6 is 11.6 Å². The number of carbonyl (C=O) groups excluding carboxylic acids is 2. The zero-order chi connectivity index (χ0) is 22.2. The van der Waals surface area contributed by atoms with E-state index in [2.05, 4.69) is 33.5 Å². The summed E-state index contributed by atoms with van der Waals surface area (Å²) in [5, 5.41) is 4.08. The molecular weight excluding hydrogens is 428 g/mol. The number of ether oxygens (including phenoxy) is 1. The van der Waals surface area contributed by atoms with Crippen molar-refractivity contribution in [2.45, 2.75) is 13.0 Å². The number of nitrogens with one attached hydrogen (secondary N) is 2. The number of pyridine rings is 1. The number of hydrogen-bond acceptors (Lipinski definition) is 5. The molecule has 1 amide bonds. The molecule has 0 bridgehead atoms. The van der Waals surface area contributed by atoms with Crippen molar-refractivity contribution in [1.29, 1.82) is 0 Å². The summed E-state index contributed by atoms with van der Waals surface area (Å²) in [5.41, 5.74) is 5.19. The van der Waals surface area contributed by atoms with Crippen LogP contribution in [0.25, 0.3) is 16.6 Å². The molecule has 2 aliphatic rings. The molecule has 0 radical (unpaired) electrons. The second kappa shape index (κ2) is 8.16. The number of fused-ring (bicyclic) bond motifs is 2. The number of ketones is 1. The lowest BCUT2D eigenvalue weighted by Crippen LogP contribution is -2.40. The van der Waals surface area contributed by atoms with Crippen molar-refractivity contribution in [2.75, 3.05) is 20.2 Å². The number of rotatable bonds is 4. The first-order valence-corrected chi connectivity index (χ1v) is 10.7. The third-order valence-electron chi connectivity index (χ3n) is 5.94. The van der Waals surface area contributed by atoms with E-state index in [0.29, 0.717) is 36.2 Å². The van der Waals surface area contributed by atoms with E-state index in [0.717, 1.165) is 23.4 Å². The lowest BCUT2D eigenvalue weighted by atomic mass is 9.92. The number of methoxy groups -OCH3 is 1.